The summed E-state index contributed by atoms with van der Waals surface area (Å²) in [6.07, 6.45) is 0. The molecule has 100 valence electrons. The summed E-state index contributed by atoms with van der Waals surface area (Å²) >= 11 is 2.92. The van der Waals surface area contributed by atoms with Crippen molar-refractivity contribution in [3.05, 3.63) is 52.1 Å². The maximum Gasteiger partial charge on any atom is 0.213 e. The standard InChI is InChI=1S/C13H11BrF2N2O/c1-19-13-4-2-3-8(18-13)7-17-12-6-10(15)9(14)5-11(12)16/h2-6,17H,7H2,1H3. The number of hydrogen-bond acceptors (Lipinski definition) is 3. The van der Waals surface area contributed by atoms with Gasteiger partial charge in [-0.2, -0.15) is 0 Å². The van der Waals surface area contributed by atoms with Gasteiger partial charge in [-0.15, -0.1) is 0 Å². The molecule has 0 spiro atoms. The number of benzene rings is 1. The molecule has 2 rings (SSSR count). The first-order valence-electron chi connectivity index (χ1n) is 5.48. The van der Waals surface area contributed by atoms with Crippen LogP contribution in [0.5, 0.6) is 5.88 Å². The minimum Gasteiger partial charge on any atom is -0.481 e. The number of rotatable bonds is 4. The van der Waals surface area contributed by atoms with Gasteiger partial charge in [0.1, 0.15) is 11.6 Å². The lowest BCUT2D eigenvalue weighted by atomic mass is 10.2. The number of anilines is 1. The largest absolute Gasteiger partial charge is 0.481 e. The van der Waals surface area contributed by atoms with E-state index in [0.717, 1.165) is 12.1 Å². The monoisotopic (exact) mass is 328 g/mol. The summed E-state index contributed by atoms with van der Waals surface area (Å²) in [4.78, 5) is 4.17. The van der Waals surface area contributed by atoms with Gasteiger partial charge in [-0.1, -0.05) is 6.07 Å². The summed E-state index contributed by atoms with van der Waals surface area (Å²) in [5, 5.41) is 2.79. The molecule has 1 heterocycles. The number of halogens is 3. The number of methoxy groups -OCH3 is 1. The maximum absolute atomic E-state index is 13.6. The molecule has 1 N–H and O–H groups in total. The van der Waals surface area contributed by atoms with E-state index in [1.807, 2.05) is 0 Å². The molecule has 0 fully saturated rings. The Morgan fingerprint density at radius 3 is 2.79 bits per heavy atom. The van der Waals surface area contributed by atoms with Crippen molar-refractivity contribution in [2.24, 2.45) is 0 Å². The highest BCUT2D eigenvalue weighted by Crippen LogP contribution is 2.23. The second kappa shape index (κ2) is 5.97. The van der Waals surface area contributed by atoms with Crippen LogP contribution in [0.1, 0.15) is 5.69 Å². The maximum atomic E-state index is 13.6. The highest BCUT2D eigenvalue weighted by molar-refractivity contribution is 9.10. The second-order valence-electron chi connectivity index (χ2n) is 3.77. The van der Waals surface area contributed by atoms with Crippen molar-refractivity contribution in [1.29, 1.82) is 0 Å². The lowest BCUT2D eigenvalue weighted by Crippen LogP contribution is -2.04. The molecule has 1 aromatic heterocycles. The van der Waals surface area contributed by atoms with Gasteiger partial charge in [0, 0.05) is 12.1 Å². The third-order valence-electron chi connectivity index (χ3n) is 2.46. The summed E-state index contributed by atoms with van der Waals surface area (Å²) in [6, 6.07) is 7.43. The first kappa shape index (κ1) is 13.7. The zero-order valence-corrected chi connectivity index (χ0v) is 11.7. The van der Waals surface area contributed by atoms with Crippen LogP contribution in [0.3, 0.4) is 0 Å². The van der Waals surface area contributed by atoms with Crippen LogP contribution < -0.4 is 10.1 Å². The molecule has 0 saturated heterocycles. The number of nitrogens with zero attached hydrogens (tertiary/aromatic N) is 1. The molecule has 0 aliphatic rings. The smallest absolute Gasteiger partial charge is 0.213 e. The summed E-state index contributed by atoms with van der Waals surface area (Å²) in [6.45, 7) is 0.273. The lowest BCUT2D eigenvalue weighted by molar-refractivity contribution is 0.396. The average Bonchev–Trinajstić information content (AvgIpc) is 2.41. The summed E-state index contributed by atoms with van der Waals surface area (Å²) < 4.78 is 32.0. The van der Waals surface area contributed by atoms with Crippen LogP contribution in [-0.4, -0.2) is 12.1 Å². The number of nitrogens with one attached hydrogen (secondary N) is 1. The van der Waals surface area contributed by atoms with Crippen molar-refractivity contribution in [2.75, 3.05) is 12.4 Å². The Morgan fingerprint density at radius 2 is 2.05 bits per heavy atom. The van der Waals surface area contributed by atoms with Gasteiger partial charge in [-0.05, 0) is 28.1 Å². The third-order valence-corrected chi connectivity index (χ3v) is 3.07. The summed E-state index contributed by atoms with van der Waals surface area (Å²) in [5.74, 6) is -0.583. The molecule has 0 saturated carbocycles. The normalized spacial score (nSPS) is 10.3. The molecule has 0 bridgehead atoms. The fraction of sp³-hybridized carbons (Fsp3) is 0.154. The van der Waals surface area contributed by atoms with E-state index < -0.39 is 11.6 Å². The Bertz CT molecular complexity index is 593. The molecule has 2 aromatic rings. The van der Waals surface area contributed by atoms with Crippen LogP contribution in [0, 0.1) is 11.6 Å². The van der Waals surface area contributed by atoms with E-state index in [9.17, 15) is 8.78 Å². The molecule has 0 unspecified atom stereocenters. The molecule has 0 aliphatic heterocycles. The van der Waals surface area contributed by atoms with Gasteiger partial charge in [-0.25, -0.2) is 13.8 Å². The molecule has 6 heteroatoms. The highest BCUT2D eigenvalue weighted by atomic mass is 79.9. The van der Waals surface area contributed by atoms with Gasteiger partial charge in [0.25, 0.3) is 0 Å². The zero-order valence-electron chi connectivity index (χ0n) is 10.1. The molecular formula is C13H11BrF2N2O. The topological polar surface area (TPSA) is 34.1 Å². The molecule has 0 radical (unpaired) electrons. The molecule has 0 atom stereocenters. The Kier molecular flexibility index (Phi) is 4.31. The predicted octanol–water partition coefficient (Wildman–Crippen LogP) is 3.74. The highest BCUT2D eigenvalue weighted by Gasteiger charge is 2.08. The van der Waals surface area contributed by atoms with E-state index in [1.165, 1.54) is 7.11 Å². The second-order valence-corrected chi connectivity index (χ2v) is 4.63. The summed E-state index contributed by atoms with van der Waals surface area (Å²) in [7, 11) is 1.52. The minimum atomic E-state index is -0.531. The van der Waals surface area contributed by atoms with Crippen molar-refractivity contribution in [1.82, 2.24) is 4.98 Å². The van der Waals surface area contributed by atoms with Gasteiger partial charge in [0.2, 0.25) is 5.88 Å². The van der Waals surface area contributed by atoms with Crippen LogP contribution >= 0.6 is 15.9 Å². The Morgan fingerprint density at radius 1 is 1.26 bits per heavy atom. The van der Waals surface area contributed by atoms with Crippen molar-refractivity contribution in [3.8, 4) is 5.88 Å². The van der Waals surface area contributed by atoms with Crippen molar-refractivity contribution >= 4 is 21.6 Å². The van der Waals surface area contributed by atoms with E-state index in [4.69, 9.17) is 4.74 Å². The van der Waals surface area contributed by atoms with Crippen LogP contribution in [0.25, 0.3) is 0 Å². The first-order valence-corrected chi connectivity index (χ1v) is 6.28. The summed E-state index contributed by atoms with van der Waals surface area (Å²) in [5.41, 5.74) is 0.757. The van der Waals surface area contributed by atoms with Crippen molar-refractivity contribution < 1.29 is 13.5 Å². The van der Waals surface area contributed by atoms with Crippen molar-refractivity contribution in [3.63, 3.8) is 0 Å². The molecule has 1 aromatic carbocycles. The SMILES string of the molecule is COc1cccc(CNc2cc(F)c(Br)cc2F)n1. The number of aromatic nitrogens is 1. The van der Waals surface area contributed by atoms with Crippen LogP contribution in [0.4, 0.5) is 14.5 Å². The Hall–Kier alpha value is -1.69. The van der Waals surface area contributed by atoms with E-state index in [-0.39, 0.29) is 16.7 Å². The van der Waals surface area contributed by atoms with Gasteiger partial charge >= 0.3 is 0 Å². The first-order chi connectivity index (χ1) is 9.10. The van der Waals surface area contributed by atoms with E-state index in [1.54, 1.807) is 18.2 Å². The fourth-order valence-corrected chi connectivity index (χ4v) is 1.83. The molecule has 19 heavy (non-hydrogen) atoms. The Labute approximate surface area is 117 Å². The van der Waals surface area contributed by atoms with Gasteiger partial charge < -0.3 is 10.1 Å². The van der Waals surface area contributed by atoms with Gasteiger partial charge in [0.05, 0.1) is 29.5 Å². The van der Waals surface area contributed by atoms with Crippen LogP contribution in [0.2, 0.25) is 0 Å². The van der Waals surface area contributed by atoms with Gasteiger partial charge in [0.15, 0.2) is 0 Å². The van der Waals surface area contributed by atoms with Crippen molar-refractivity contribution in [2.45, 2.75) is 6.54 Å². The number of pyridine rings is 1. The van der Waals surface area contributed by atoms with Gasteiger partial charge in [-0.3, -0.25) is 0 Å². The van der Waals surface area contributed by atoms with E-state index in [2.05, 4.69) is 26.2 Å². The van der Waals surface area contributed by atoms with Crippen LogP contribution in [-0.2, 0) is 6.54 Å². The fourth-order valence-electron chi connectivity index (χ4n) is 1.51. The van der Waals surface area contributed by atoms with Crippen LogP contribution in [0.15, 0.2) is 34.8 Å². The molecule has 3 nitrogen and oxygen atoms in total. The zero-order chi connectivity index (χ0) is 13.8. The van der Waals surface area contributed by atoms with E-state index >= 15 is 0 Å². The number of hydrogen-bond donors (Lipinski definition) is 1. The molecule has 0 aliphatic carbocycles. The quantitative estimate of drug-likeness (QED) is 0.868. The minimum absolute atomic E-state index is 0.0883. The lowest BCUT2D eigenvalue weighted by Gasteiger charge is -2.09. The molecule has 0 amide bonds. The number of ether oxygens (including phenoxy) is 1. The average molecular weight is 329 g/mol. The predicted molar refractivity (Wildman–Crippen MR) is 72.2 cm³/mol. The Balaban J connectivity index is 2.12. The molecular weight excluding hydrogens is 318 g/mol. The third kappa shape index (κ3) is 3.41. The van der Waals surface area contributed by atoms with E-state index in [0.29, 0.717) is 11.6 Å².